The normalized spacial score (nSPS) is 14.4. The molecule has 1 N–H and O–H groups in total. The summed E-state index contributed by atoms with van der Waals surface area (Å²) >= 11 is 5.97. The summed E-state index contributed by atoms with van der Waals surface area (Å²) in [5.74, 6) is -0.387. The second-order valence-electron chi connectivity index (χ2n) is 14.5. The molecule has 3 amide bonds. The van der Waals surface area contributed by atoms with Gasteiger partial charge in [-0.25, -0.2) is 0 Å². The van der Waals surface area contributed by atoms with Crippen molar-refractivity contribution in [2.45, 2.75) is 18.8 Å². The van der Waals surface area contributed by atoms with Crippen LogP contribution in [0.3, 0.4) is 0 Å². The van der Waals surface area contributed by atoms with Crippen LogP contribution in [0.2, 0.25) is 0 Å². The molecule has 2 aliphatic heterocycles. The molecule has 8 rings (SSSR count). The monoisotopic (exact) mass is 858 g/mol. The molecule has 57 heavy (non-hydrogen) atoms. The molecule has 2 aliphatic rings. The van der Waals surface area contributed by atoms with E-state index in [4.69, 9.17) is 11.6 Å². The Labute approximate surface area is 350 Å². The summed E-state index contributed by atoms with van der Waals surface area (Å²) < 4.78 is 0. The average molecular weight is 860 g/mol. The molecular formula is C47H45BrClN4O3P. The van der Waals surface area contributed by atoms with Gasteiger partial charge in [0.2, 0.25) is 5.91 Å². The number of halogens is 2. The number of hydrogen-bond acceptors (Lipinski definition) is 5. The summed E-state index contributed by atoms with van der Waals surface area (Å²) in [5, 5.41) is 8.50. The lowest BCUT2D eigenvalue weighted by molar-refractivity contribution is -0.121. The zero-order valence-electron chi connectivity index (χ0n) is 31.7. The smallest absolute Gasteiger partial charge is 0.261 e. The van der Waals surface area contributed by atoms with Crippen molar-refractivity contribution in [3.63, 3.8) is 0 Å². The fourth-order valence-corrected chi connectivity index (χ4v) is 12.6. The second kappa shape index (κ2) is 18.2. The highest BCUT2D eigenvalue weighted by Gasteiger charge is 2.45. The third-order valence-electron chi connectivity index (χ3n) is 11.2. The Morgan fingerprint density at radius 1 is 0.632 bits per heavy atom. The SMILES string of the molecule is O=C(CCN1C(=O)c2cccc3c(N4CCN(Cc5ccc(CCl)cc5)CC4)ccc(c23)C1=O)NCC[P+](c1ccccc1)(c1ccccc1)c1ccccc1.[Br-]. The third kappa shape index (κ3) is 8.28. The predicted molar refractivity (Wildman–Crippen MR) is 230 cm³/mol. The van der Waals surface area contributed by atoms with Crippen molar-refractivity contribution in [2.75, 3.05) is 50.3 Å². The van der Waals surface area contributed by atoms with Crippen LogP contribution in [0.4, 0.5) is 5.69 Å². The minimum absolute atomic E-state index is 0. The van der Waals surface area contributed by atoms with Crippen molar-refractivity contribution in [2.24, 2.45) is 0 Å². The largest absolute Gasteiger partial charge is 1.00 e. The van der Waals surface area contributed by atoms with Gasteiger partial charge in [0, 0.05) is 79.2 Å². The summed E-state index contributed by atoms with van der Waals surface area (Å²) in [5.41, 5.74) is 4.42. The number of piperazine rings is 1. The molecule has 10 heteroatoms. The van der Waals surface area contributed by atoms with Crippen LogP contribution in [0, 0.1) is 0 Å². The molecule has 0 saturated carbocycles. The minimum atomic E-state index is -2.11. The maximum Gasteiger partial charge on any atom is 0.261 e. The Bertz CT molecular complexity index is 2220. The molecule has 6 aromatic carbocycles. The highest BCUT2D eigenvalue weighted by molar-refractivity contribution is 7.95. The first-order valence-electron chi connectivity index (χ1n) is 19.3. The van der Waals surface area contributed by atoms with E-state index in [1.807, 2.05) is 42.5 Å². The van der Waals surface area contributed by atoms with Crippen LogP contribution in [0.15, 0.2) is 146 Å². The van der Waals surface area contributed by atoms with Crippen LogP contribution >= 0.6 is 18.9 Å². The van der Waals surface area contributed by atoms with Crippen molar-refractivity contribution in [1.29, 1.82) is 0 Å². The van der Waals surface area contributed by atoms with Crippen molar-refractivity contribution >= 4 is 69.0 Å². The number of carbonyl (C=O) groups is 3. The van der Waals surface area contributed by atoms with Crippen LogP contribution in [-0.4, -0.2) is 73.0 Å². The van der Waals surface area contributed by atoms with Gasteiger partial charge in [-0.05, 0) is 65.7 Å². The van der Waals surface area contributed by atoms with Crippen molar-refractivity contribution in [1.82, 2.24) is 15.1 Å². The molecule has 0 radical (unpaired) electrons. The molecule has 0 unspecified atom stereocenters. The summed E-state index contributed by atoms with van der Waals surface area (Å²) in [6.07, 6.45) is 0.753. The summed E-state index contributed by atoms with van der Waals surface area (Å²) in [7, 11) is -2.11. The molecule has 2 heterocycles. The van der Waals surface area contributed by atoms with Crippen LogP contribution in [0.5, 0.6) is 0 Å². The number of nitrogens with one attached hydrogen (secondary N) is 1. The van der Waals surface area contributed by atoms with E-state index in [0.29, 0.717) is 28.9 Å². The fourth-order valence-electron chi connectivity index (χ4n) is 8.30. The highest BCUT2D eigenvalue weighted by Crippen LogP contribution is 2.54. The quantitative estimate of drug-likeness (QED) is 0.108. The van der Waals surface area contributed by atoms with E-state index >= 15 is 0 Å². The lowest BCUT2D eigenvalue weighted by Gasteiger charge is -2.37. The number of imide groups is 1. The number of hydrogen-bond donors (Lipinski definition) is 1. The molecule has 1 saturated heterocycles. The van der Waals surface area contributed by atoms with Gasteiger partial charge >= 0.3 is 0 Å². The molecule has 7 nitrogen and oxygen atoms in total. The lowest BCUT2D eigenvalue weighted by atomic mass is 9.92. The van der Waals surface area contributed by atoms with Gasteiger partial charge in [-0.3, -0.25) is 24.2 Å². The van der Waals surface area contributed by atoms with Gasteiger partial charge in [-0.1, -0.05) is 91.0 Å². The van der Waals surface area contributed by atoms with Gasteiger partial charge in [0.25, 0.3) is 11.8 Å². The summed E-state index contributed by atoms with van der Waals surface area (Å²) in [4.78, 5) is 47.4. The van der Waals surface area contributed by atoms with Crippen LogP contribution < -0.4 is 43.1 Å². The first-order valence-corrected chi connectivity index (χ1v) is 21.8. The first-order chi connectivity index (χ1) is 27.5. The van der Waals surface area contributed by atoms with Gasteiger partial charge in [-0.2, -0.15) is 0 Å². The number of nitrogens with zero attached hydrogens (tertiary/aromatic N) is 3. The maximum atomic E-state index is 13.9. The highest BCUT2D eigenvalue weighted by atomic mass is 79.9. The van der Waals surface area contributed by atoms with E-state index in [0.717, 1.165) is 55.5 Å². The predicted octanol–water partition coefficient (Wildman–Crippen LogP) is 4.00. The van der Waals surface area contributed by atoms with E-state index in [-0.39, 0.29) is 47.7 Å². The number of carbonyl (C=O) groups excluding carboxylic acids is 3. The van der Waals surface area contributed by atoms with Gasteiger partial charge in [-0.15, -0.1) is 11.6 Å². The van der Waals surface area contributed by atoms with Crippen LogP contribution in [-0.2, 0) is 17.2 Å². The minimum Gasteiger partial charge on any atom is -1.00 e. The summed E-state index contributed by atoms with van der Waals surface area (Å²) in [6, 6.07) is 49.7. The zero-order valence-corrected chi connectivity index (χ0v) is 34.9. The second-order valence-corrected chi connectivity index (χ2v) is 18.4. The fraction of sp³-hybridized carbons (Fsp3) is 0.213. The third-order valence-corrected chi connectivity index (χ3v) is 15.9. The number of amides is 3. The van der Waals surface area contributed by atoms with Crippen molar-refractivity contribution in [3.05, 3.63) is 168 Å². The average Bonchev–Trinajstić information content (AvgIpc) is 3.25. The molecule has 0 atom stereocenters. The van der Waals surface area contributed by atoms with Crippen LogP contribution in [0.25, 0.3) is 10.8 Å². The number of rotatable bonds is 13. The molecular weight excluding hydrogens is 815 g/mol. The van der Waals surface area contributed by atoms with Crippen molar-refractivity contribution in [3.8, 4) is 0 Å². The standard InChI is InChI=1S/C47H44ClN4O3P.BrH/c48-33-35-19-21-36(22-20-35)34-50-28-30-51(31-29-50)43-24-23-42-45-40(43)17-10-18-41(45)46(54)52(47(42)55)27-25-44(53)49-26-32-56(37-11-4-1-5-12-37,38-13-6-2-7-14-38)39-15-8-3-9-16-39;/h1-24H,25-34H2;1H. The lowest BCUT2D eigenvalue weighted by Crippen LogP contribution is -3.00. The van der Waals surface area contributed by atoms with Gasteiger partial charge in [0.15, 0.2) is 0 Å². The molecule has 0 bridgehead atoms. The first kappa shape index (κ1) is 40.4. The van der Waals surface area contributed by atoms with Crippen molar-refractivity contribution < 1.29 is 31.4 Å². The van der Waals surface area contributed by atoms with E-state index in [2.05, 4.69) is 112 Å². The van der Waals surface area contributed by atoms with E-state index in [1.165, 1.54) is 26.4 Å². The molecule has 6 aromatic rings. The Morgan fingerprint density at radius 2 is 1.18 bits per heavy atom. The Morgan fingerprint density at radius 3 is 1.74 bits per heavy atom. The zero-order chi connectivity index (χ0) is 38.5. The maximum absolute atomic E-state index is 13.9. The molecule has 290 valence electrons. The Kier molecular flexibility index (Phi) is 12.9. The Hall–Kier alpha value is -4.85. The van der Waals surface area contributed by atoms with E-state index < -0.39 is 7.26 Å². The van der Waals surface area contributed by atoms with Gasteiger partial charge in [0.05, 0.1) is 12.7 Å². The molecule has 0 spiro atoms. The summed E-state index contributed by atoms with van der Waals surface area (Å²) in [6.45, 7) is 4.83. The Balaban J connectivity index is 0.00000496. The number of benzene rings is 6. The van der Waals surface area contributed by atoms with E-state index in [9.17, 15) is 14.4 Å². The molecule has 1 fully saturated rings. The number of alkyl halides is 1. The number of anilines is 1. The van der Waals surface area contributed by atoms with Gasteiger partial charge < -0.3 is 27.2 Å². The van der Waals surface area contributed by atoms with Crippen LogP contribution in [0.1, 0.15) is 38.3 Å². The molecule has 0 aromatic heterocycles. The van der Waals surface area contributed by atoms with Gasteiger partial charge in [0.1, 0.15) is 23.2 Å². The van der Waals surface area contributed by atoms with E-state index in [1.54, 1.807) is 6.07 Å². The topological polar surface area (TPSA) is 73.0 Å². The molecule has 0 aliphatic carbocycles.